The van der Waals surface area contributed by atoms with Crippen molar-refractivity contribution in [1.82, 2.24) is 9.88 Å². The second-order valence-corrected chi connectivity index (χ2v) is 5.30. The van der Waals surface area contributed by atoms with E-state index in [-0.39, 0.29) is 0 Å². The fourth-order valence-corrected chi connectivity index (χ4v) is 2.31. The van der Waals surface area contributed by atoms with Crippen LogP contribution in [0.3, 0.4) is 0 Å². The summed E-state index contributed by atoms with van der Waals surface area (Å²) in [6, 6.07) is 14.9. The van der Waals surface area contributed by atoms with Gasteiger partial charge in [-0.05, 0) is 50.2 Å². The highest BCUT2D eigenvalue weighted by molar-refractivity contribution is 5.22. The lowest BCUT2D eigenvalue weighted by Gasteiger charge is -2.16. The summed E-state index contributed by atoms with van der Waals surface area (Å²) in [4.78, 5) is 6.82. The van der Waals surface area contributed by atoms with Gasteiger partial charge in [-0.25, -0.2) is 0 Å². The standard InChI is InChI=1S/C17H23N3/c1-14-4-3-5-17(19-14)13-20(2)12-16-8-6-15(7-9-16)10-11-18/h3-9H,10-13,18H2,1-2H3. The molecule has 0 saturated heterocycles. The van der Waals surface area contributed by atoms with Crippen LogP contribution in [0.15, 0.2) is 42.5 Å². The van der Waals surface area contributed by atoms with Gasteiger partial charge in [0, 0.05) is 18.8 Å². The zero-order chi connectivity index (χ0) is 14.4. The molecular formula is C17H23N3. The molecule has 20 heavy (non-hydrogen) atoms. The quantitative estimate of drug-likeness (QED) is 0.876. The van der Waals surface area contributed by atoms with Gasteiger partial charge >= 0.3 is 0 Å². The number of nitrogens with zero attached hydrogens (tertiary/aromatic N) is 2. The third-order valence-corrected chi connectivity index (χ3v) is 3.29. The Hall–Kier alpha value is -1.71. The summed E-state index contributed by atoms with van der Waals surface area (Å²) in [7, 11) is 2.12. The van der Waals surface area contributed by atoms with E-state index in [1.165, 1.54) is 11.1 Å². The van der Waals surface area contributed by atoms with Crippen LogP contribution in [0.4, 0.5) is 0 Å². The van der Waals surface area contributed by atoms with Gasteiger partial charge in [0.05, 0.1) is 5.69 Å². The van der Waals surface area contributed by atoms with Gasteiger partial charge in [0.1, 0.15) is 0 Å². The molecule has 0 unspecified atom stereocenters. The van der Waals surface area contributed by atoms with E-state index in [4.69, 9.17) is 5.73 Å². The summed E-state index contributed by atoms with van der Waals surface area (Å²) in [6.07, 6.45) is 0.948. The maximum absolute atomic E-state index is 5.56. The number of aromatic nitrogens is 1. The van der Waals surface area contributed by atoms with Crippen LogP contribution >= 0.6 is 0 Å². The molecule has 3 heteroatoms. The largest absolute Gasteiger partial charge is 0.330 e. The molecule has 0 fully saturated rings. The number of hydrogen-bond acceptors (Lipinski definition) is 3. The van der Waals surface area contributed by atoms with Gasteiger partial charge in [-0.1, -0.05) is 30.3 Å². The Kier molecular flexibility index (Phi) is 5.27. The number of rotatable bonds is 6. The van der Waals surface area contributed by atoms with Crippen LogP contribution in [0.25, 0.3) is 0 Å². The molecule has 0 aliphatic rings. The molecule has 2 N–H and O–H groups in total. The first-order valence-electron chi connectivity index (χ1n) is 7.06. The molecule has 0 atom stereocenters. The van der Waals surface area contributed by atoms with Crippen LogP contribution < -0.4 is 5.73 Å². The van der Waals surface area contributed by atoms with Gasteiger partial charge in [0.2, 0.25) is 0 Å². The Morgan fingerprint density at radius 2 is 1.70 bits per heavy atom. The lowest BCUT2D eigenvalue weighted by Crippen LogP contribution is -2.18. The highest BCUT2D eigenvalue weighted by Gasteiger charge is 2.03. The first-order valence-corrected chi connectivity index (χ1v) is 7.06. The van der Waals surface area contributed by atoms with Crippen LogP contribution in [0.2, 0.25) is 0 Å². The van der Waals surface area contributed by atoms with E-state index in [9.17, 15) is 0 Å². The van der Waals surface area contributed by atoms with Crippen molar-refractivity contribution in [2.24, 2.45) is 5.73 Å². The van der Waals surface area contributed by atoms with Gasteiger partial charge in [-0.3, -0.25) is 9.88 Å². The molecule has 106 valence electrons. The Bertz CT molecular complexity index is 534. The van der Waals surface area contributed by atoms with Crippen LogP contribution in [0.5, 0.6) is 0 Å². The molecule has 0 amide bonds. The van der Waals surface area contributed by atoms with Crippen molar-refractivity contribution >= 4 is 0 Å². The number of benzene rings is 1. The van der Waals surface area contributed by atoms with Crippen molar-refractivity contribution in [2.45, 2.75) is 26.4 Å². The summed E-state index contributed by atoms with van der Waals surface area (Å²) >= 11 is 0. The second kappa shape index (κ2) is 7.17. The van der Waals surface area contributed by atoms with Crippen molar-refractivity contribution in [3.63, 3.8) is 0 Å². The highest BCUT2D eigenvalue weighted by atomic mass is 15.1. The first-order chi connectivity index (χ1) is 9.67. The zero-order valence-corrected chi connectivity index (χ0v) is 12.3. The third kappa shape index (κ3) is 4.44. The average molecular weight is 269 g/mol. The molecule has 0 aliphatic carbocycles. The van der Waals surface area contributed by atoms with Crippen molar-refractivity contribution in [3.05, 3.63) is 65.0 Å². The number of pyridine rings is 1. The predicted octanol–water partition coefficient (Wildman–Crippen LogP) is 2.52. The first kappa shape index (κ1) is 14.7. The molecule has 2 aromatic rings. The van der Waals surface area contributed by atoms with Crippen molar-refractivity contribution in [2.75, 3.05) is 13.6 Å². The summed E-state index contributed by atoms with van der Waals surface area (Å²) < 4.78 is 0. The van der Waals surface area contributed by atoms with Gasteiger partial charge < -0.3 is 5.73 Å². The summed E-state index contributed by atoms with van der Waals surface area (Å²) in [5.74, 6) is 0. The highest BCUT2D eigenvalue weighted by Crippen LogP contribution is 2.09. The lowest BCUT2D eigenvalue weighted by atomic mass is 10.1. The van der Waals surface area contributed by atoms with Crippen molar-refractivity contribution in [3.8, 4) is 0 Å². The molecule has 0 aliphatic heterocycles. The lowest BCUT2D eigenvalue weighted by molar-refractivity contribution is 0.315. The van der Waals surface area contributed by atoms with Crippen LogP contribution in [0, 0.1) is 6.92 Å². The second-order valence-electron chi connectivity index (χ2n) is 5.30. The Labute approximate surface area is 121 Å². The van der Waals surface area contributed by atoms with E-state index in [0.29, 0.717) is 6.54 Å². The Morgan fingerprint density at radius 3 is 2.35 bits per heavy atom. The Morgan fingerprint density at radius 1 is 1.00 bits per heavy atom. The van der Waals surface area contributed by atoms with Crippen LogP contribution in [-0.4, -0.2) is 23.5 Å². The molecule has 1 heterocycles. The molecule has 0 radical (unpaired) electrons. The Balaban J connectivity index is 1.92. The fourth-order valence-electron chi connectivity index (χ4n) is 2.31. The smallest absolute Gasteiger partial charge is 0.0547 e. The zero-order valence-electron chi connectivity index (χ0n) is 12.3. The van der Waals surface area contributed by atoms with E-state index in [1.807, 2.05) is 13.0 Å². The summed E-state index contributed by atoms with van der Waals surface area (Å²) in [5, 5.41) is 0. The minimum atomic E-state index is 0.707. The maximum Gasteiger partial charge on any atom is 0.0547 e. The van der Waals surface area contributed by atoms with Crippen molar-refractivity contribution in [1.29, 1.82) is 0 Å². The van der Waals surface area contributed by atoms with Gasteiger partial charge in [-0.2, -0.15) is 0 Å². The normalized spacial score (nSPS) is 11.0. The van der Waals surface area contributed by atoms with E-state index in [1.54, 1.807) is 0 Å². The van der Waals surface area contributed by atoms with Gasteiger partial charge in [0.25, 0.3) is 0 Å². The molecule has 1 aromatic carbocycles. The molecule has 3 nitrogen and oxygen atoms in total. The monoisotopic (exact) mass is 269 g/mol. The van der Waals surface area contributed by atoms with E-state index in [0.717, 1.165) is 30.9 Å². The minimum Gasteiger partial charge on any atom is -0.330 e. The van der Waals surface area contributed by atoms with E-state index < -0.39 is 0 Å². The topological polar surface area (TPSA) is 42.1 Å². The van der Waals surface area contributed by atoms with E-state index in [2.05, 4.69) is 53.3 Å². The van der Waals surface area contributed by atoms with Gasteiger partial charge in [-0.15, -0.1) is 0 Å². The van der Waals surface area contributed by atoms with E-state index >= 15 is 0 Å². The predicted molar refractivity (Wildman–Crippen MR) is 83.3 cm³/mol. The average Bonchev–Trinajstić information content (AvgIpc) is 2.41. The molecule has 0 saturated carbocycles. The third-order valence-electron chi connectivity index (χ3n) is 3.29. The van der Waals surface area contributed by atoms with Crippen molar-refractivity contribution < 1.29 is 0 Å². The van der Waals surface area contributed by atoms with Gasteiger partial charge in [0.15, 0.2) is 0 Å². The molecular weight excluding hydrogens is 246 g/mol. The summed E-state index contributed by atoms with van der Waals surface area (Å²) in [6.45, 7) is 4.53. The molecule has 2 rings (SSSR count). The number of hydrogen-bond donors (Lipinski definition) is 1. The minimum absolute atomic E-state index is 0.707. The van der Waals surface area contributed by atoms with Crippen LogP contribution in [-0.2, 0) is 19.5 Å². The van der Waals surface area contributed by atoms with Crippen LogP contribution in [0.1, 0.15) is 22.5 Å². The summed E-state index contributed by atoms with van der Waals surface area (Å²) in [5.41, 5.74) is 10.4. The maximum atomic E-state index is 5.56. The number of nitrogens with two attached hydrogens (primary N) is 1. The molecule has 1 aromatic heterocycles. The fraction of sp³-hybridized carbons (Fsp3) is 0.353. The molecule has 0 spiro atoms. The SMILES string of the molecule is Cc1cccc(CN(C)Cc2ccc(CCN)cc2)n1. The molecule has 0 bridgehead atoms. The number of aryl methyl sites for hydroxylation is 1.